The van der Waals surface area contributed by atoms with E-state index in [0.717, 1.165) is 13.2 Å². The minimum absolute atomic E-state index is 0.0379. The molecule has 0 radical (unpaired) electrons. The van der Waals surface area contributed by atoms with Crippen LogP contribution in [0.15, 0.2) is 12.1 Å². The maximum atomic E-state index is 12.1. The second kappa shape index (κ2) is 5.93. The molecule has 2 N–H and O–H groups in total. The first-order valence-electron chi connectivity index (χ1n) is 4.83. The molecule has 0 aromatic heterocycles. The zero-order valence-electron chi connectivity index (χ0n) is 9.44. The van der Waals surface area contributed by atoms with Crippen LogP contribution >= 0.6 is 0 Å². The quantitative estimate of drug-likeness (QED) is 0.823. The van der Waals surface area contributed by atoms with Crippen molar-refractivity contribution in [1.82, 2.24) is 0 Å². The number of nitriles is 1. The number of benzene rings is 1. The first-order valence-corrected chi connectivity index (χ1v) is 4.83. The fourth-order valence-electron chi connectivity index (χ4n) is 1.44. The Bertz CT molecular complexity index is 498. The van der Waals surface area contributed by atoms with E-state index in [1.807, 2.05) is 0 Å². The maximum absolute atomic E-state index is 12.1. The molecule has 0 aliphatic rings. The molecule has 0 atom stereocenters. The lowest BCUT2D eigenvalue weighted by Crippen LogP contribution is -2.13. The van der Waals surface area contributed by atoms with Gasteiger partial charge in [-0.1, -0.05) is 0 Å². The Kier molecular flexibility index (Phi) is 4.57. The molecule has 0 aliphatic heterocycles. The van der Waals surface area contributed by atoms with Gasteiger partial charge in [0.05, 0.1) is 18.2 Å². The smallest absolute Gasteiger partial charge is 0.387 e. The summed E-state index contributed by atoms with van der Waals surface area (Å²) in [5.74, 6) is -0.981. The fourth-order valence-corrected chi connectivity index (χ4v) is 1.44. The molecule has 0 amide bonds. The van der Waals surface area contributed by atoms with Crippen LogP contribution in [-0.2, 0) is 11.3 Å². The predicted molar refractivity (Wildman–Crippen MR) is 57.0 cm³/mol. The van der Waals surface area contributed by atoms with Gasteiger partial charge in [0.25, 0.3) is 0 Å². The van der Waals surface area contributed by atoms with Crippen molar-refractivity contribution in [3.05, 3.63) is 28.8 Å². The molecular weight excluding hydrogens is 246 g/mol. The number of carbonyl (C=O) groups is 1. The lowest BCUT2D eigenvalue weighted by molar-refractivity contribution is -0.0498. The number of hydrogen-bond donors (Lipinski definition) is 1. The molecule has 1 aromatic rings. The molecule has 96 valence electrons. The fraction of sp³-hybridized carbons (Fsp3) is 0.273. The van der Waals surface area contributed by atoms with Gasteiger partial charge in [0.1, 0.15) is 11.8 Å². The van der Waals surface area contributed by atoms with Crippen LogP contribution in [0.4, 0.5) is 8.78 Å². The van der Waals surface area contributed by atoms with Gasteiger partial charge in [-0.3, -0.25) is 0 Å². The van der Waals surface area contributed by atoms with Crippen LogP contribution in [0.1, 0.15) is 21.5 Å². The second-order valence-electron chi connectivity index (χ2n) is 3.19. The molecule has 18 heavy (non-hydrogen) atoms. The van der Waals surface area contributed by atoms with Crippen molar-refractivity contribution in [2.24, 2.45) is 5.73 Å². The number of ether oxygens (including phenoxy) is 2. The first kappa shape index (κ1) is 13.9. The average molecular weight is 256 g/mol. The van der Waals surface area contributed by atoms with Crippen LogP contribution in [0.25, 0.3) is 0 Å². The van der Waals surface area contributed by atoms with Crippen molar-refractivity contribution in [3.63, 3.8) is 0 Å². The highest BCUT2D eigenvalue weighted by Crippen LogP contribution is 2.24. The minimum Gasteiger partial charge on any atom is -0.465 e. The highest BCUT2D eigenvalue weighted by atomic mass is 19.3. The monoisotopic (exact) mass is 256 g/mol. The van der Waals surface area contributed by atoms with Gasteiger partial charge in [0, 0.05) is 6.54 Å². The summed E-state index contributed by atoms with van der Waals surface area (Å²) in [6, 6.07) is 3.94. The summed E-state index contributed by atoms with van der Waals surface area (Å²) in [5.41, 5.74) is 5.45. The van der Waals surface area contributed by atoms with Gasteiger partial charge in [-0.15, -0.1) is 0 Å². The van der Waals surface area contributed by atoms with Gasteiger partial charge >= 0.3 is 12.6 Å². The molecule has 0 unspecified atom stereocenters. The lowest BCUT2D eigenvalue weighted by atomic mass is 10.0. The highest BCUT2D eigenvalue weighted by molar-refractivity contribution is 5.94. The van der Waals surface area contributed by atoms with E-state index in [4.69, 9.17) is 11.0 Å². The topological polar surface area (TPSA) is 85.3 Å². The number of esters is 1. The Labute approximate surface area is 102 Å². The molecule has 0 heterocycles. The molecule has 0 bridgehead atoms. The third-order valence-corrected chi connectivity index (χ3v) is 2.15. The van der Waals surface area contributed by atoms with Gasteiger partial charge in [-0.05, 0) is 17.7 Å². The van der Waals surface area contributed by atoms with Crippen LogP contribution < -0.4 is 10.5 Å². The molecule has 7 heteroatoms. The molecule has 0 spiro atoms. The van der Waals surface area contributed by atoms with Gasteiger partial charge in [-0.2, -0.15) is 14.0 Å². The van der Waals surface area contributed by atoms with Gasteiger partial charge in [0.2, 0.25) is 0 Å². The molecule has 0 saturated heterocycles. The van der Waals surface area contributed by atoms with Crippen molar-refractivity contribution >= 4 is 5.97 Å². The summed E-state index contributed by atoms with van der Waals surface area (Å²) in [6.07, 6.45) is 0. The number of rotatable bonds is 4. The van der Waals surface area contributed by atoms with E-state index in [2.05, 4.69) is 9.47 Å². The van der Waals surface area contributed by atoms with Crippen molar-refractivity contribution in [2.45, 2.75) is 13.2 Å². The highest BCUT2D eigenvalue weighted by Gasteiger charge is 2.19. The summed E-state index contributed by atoms with van der Waals surface area (Å²) in [6.45, 7) is -3.13. The molecular formula is C11H10F2N2O3. The number of hydrogen-bond acceptors (Lipinski definition) is 5. The largest absolute Gasteiger partial charge is 0.465 e. The number of halogens is 2. The SMILES string of the molecule is COC(=O)c1c(C#N)cc(OC(F)F)cc1CN. The second-order valence-corrected chi connectivity index (χ2v) is 3.19. The lowest BCUT2D eigenvalue weighted by Gasteiger charge is -2.11. The zero-order valence-corrected chi connectivity index (χ0v) is 9.44. The maximum Gasteiger partial charge on any atom is 0.387 e. The van der Waals surface area contributed by atoms with Crippen LogP contribution in [0.3, 0.4) is 0 Å². The number of methoxy groups -OCH3 is 1. The Morgan fingerprint density at radius 2 is 2.22 bits per heavy atom. The van der Waals surface area contributed by atoms with E-state index < -0.39 is 12.6 Å². The van der Waals surface area contributed by atoms with Gasteiger partial charge in [0.15, 0.2) is 0 Å². The van der Waals surface area contributed by atoms with Crippen LogP contribution in [0.5, 0.6) is 5.75 Å². The summed E-state index contributed by atoms with van der Waals surface area (Å²) in [5, 5.41) is 8.90. The summed E-state index contributed by atoms with van der Waals surface area (Å²) < 4.78 is 32.9. The van der Waals surface area contributed by atoms with E-state index in [1.165, 1.54) is 6.07 Å². The predicted octanol–water partition coefficient (Wildman–Crippen LogP) is 1.40. The molecule has 1 rings (SSSR count). The summed E-state index contributed by atoms with van der Waals surface area (Å²) in [4.78, 5) is 11.5. The van der Waals surface area contributed by atoms with Crippen LogP contribution in [-0.4, -0.2) is 19.7 Å². The molecule has 0 saturated carbocycles. The zero-order chi connectivity index (χ0) is 13.7. The Morgan fingerprint density at radius 1 is 1.56 bits per heavy atom. The molecule has 0 aliphatic carbocycles. The standard InChI is InChI=1S/C11H10F2N2O3/c1-17-10(16)9-6(4-14)2-8(18-11(12)13)3-7(9)5-15/h2-3,11H,4,14H2,1H3. The van der Waals surface area contributed by atoms with E-state index in [9.17, 15) is 13.6 Å². The third kappa shape index (κ3) is 2.93. The Hall–Kier alpha value is -2.20. The first-order chi connectivity index (χ1) is 8.53. The number of carbonyl (C=O) groups excluding carboxylic acids is 1. The van der Waals surface area contributed by atoms with Gasteiger partial charge < -0.3 is 15.2 Å². The number of alkyl halides is 2. The van der Waals surface area contributed by atoms with E-state index >= 15 is 0 Å². The minimum atomic E-state index is -3.02. The van der Waals surface area contributed by atoms with Crippen LogP contribution in [0.2, 0.25) is 0 Å². The normalized spacial score (nSPS) is 10.0. The average Bonchev–Trinajstić information content (AvgIpc) is 2.35. The van der Waals surface area contributed by atoms with Crippen LogP contribution in [0, 0.1) is 11.3 Å². The van der Waals surface area contributed by atoms with Gasteiger partial charge in [-0.25, -0.2) is 4.79 Å². The molecule has 0 fully saturated rings. The number of nitrogens with two attached hydrogens (primary N) is 1. The van der Waals surface area contributed by atoms with Crippen molar-refractivity contribution in [2.75, 3.05) is 7.11 Å². The Balaban J connectivity index is 3.35. The van der Waals surface area contributed by atoms with Crippen molar-refractivity contribution in [3.8, 4) is 11.8 Å². The van der Waals surface area contributed by atoms with E-state index in [1.54, 1.807) is 6.07 Å². The van der Waals surface area contributed by atoms with E-state index in [-0.39, 0.29) is 29.0 Å². The van der Waals surface area contributed by atoms with E-state index in [0.29, 0.717) is 0 Å². The third-order valence-electron chi connectivity index (χ3n) is 2.15. The Morgan fingerprint density at radius 3 is 2.67 bits per heavy atom. The summed E-state index contributed by atoms with van der Waals surface area (Å²) >= 11 is 0. The van der Waals surface area contributed by atoms with Crippen molar-refractivity contribution < 1.29 is 23.0 Å². The van der Waals surface area contributed by atoms with Crippen molar-refractivity contribution in [1.29, 1.82) is 5.26 Å². The molecule has 1 aromatic carbocycles. The number of nitrogens with zero attached hydrogens (tertiary/aromatic N) is 1. The summed E-state index contributed by atoms with van der Waals surface area (Å²) in [7, 11) is 1.15. The molecule has 5 nitrogen and oxygen atoms in total.